The second kappa shape index (κ2) is 9.78. The molecule has 2 rings (SSSR count). The van der Waals surface area contributed by atoms with Crippen molar-refractivity contribution in [3.63, 3.8) is 0 Å². The molecule has 0 aromatic heterocycles. The molecule has 2 aromatic carbocycles. The summed E-state index contributed by atoms with van der Waals surface area (Å²) in [5.74, 6) is -1.41. The van der Waals surface area contributed by atoms with E-state index in [1.807, 2.05) is 30.3 Å². The highest BCUT2D eigenvalue weighted by Crippen LogP contribution is 2.18. The van der Waals surface area contributed by atoms with Crippen LogP contribution in [0, 0.1) is 0 Å². The summed E-state index contributed by atoms with van der Waals surface area (Å²) in [6, 6.07) is 17.1. The smallest absolute Gasteiger partial charge is 0.331 e. The van der Waals surface area contributed by atoms with E-state index in [0.717, 1.165) is 5.56 Å². The largest absolute Gasteiger partial charge is 0.444 e. The summed E-state index contributed by atoms with van der Waals surface area (Å²) in [6.45, 7) is 2.10. The Bertz CT molecular complexity index is 773. The number of rotatable bonds is 6. The van der Waals surface area contributed by atoms with Crippen molar-refractivity contribution in [3.05, 3.63) is 77.9 Å². The second-order valence-corrected chi connectivity index (χ2v) is 5.32. The molecule has 6 heteroatoms. The van der Waals surface area contributed by atoms with Crippen molar-refractivity contribution in [2.75, 3.05) is 6.54 Å². The first kappa shape index (κ1) is 18.9. The maximum atomic E-state index is 12.4. The fraction of sp³-hybridized carbons (Fsp3) is 0.150. The molecule has 0 spiro atoms. The van der Waals surface area contributed by atoms with E-state index in [4.69, 9.17) is 4.74 Å². The van der Waals surface area contributed by atoms with E-state index in [-0.39, 0.29) is 0 Å². The van der Waals surface area contributed by atoms with E-state index in [1.165, 1.54) is 6.08 Å². The number of esters is 1. The molecule has 0 saturated heterocycles. The number of nitrogens with one attached hydrogen (secondary N) is 2. The number of imide groups is 1. The van der Waals surface area contributed by atoms with Crippen LogP contribution in [0.15, 0.2) is 66.7 Å². The molecular formula is C20H20N2O4. The van der Waals surface area contributed by atoms with Gasteiger partial charge in [-0.1, -0.05) is 60.7 Å². The van der Waals surface area contributed by atoms with Crippen LogP contribution in [-0.4, -0.2) is 24.5 Å². The summed E-state index contributed by atoms with van der Waals surface area (Å²) in [5.41, 5.74) is 1.29. The van der Waals surface area contributed by atoms with Gasteiger partial charge in [0.05, 0.1) is 0 Å². The lowest BCUT2D eigenvalue weighted by Gasteiger charge is -2.16. The quantitative estimate of drug-likeness (QED) is 0.618. The number of amides is 3. The Balaban J connectivity index is 2.11. The van der Waals surface area contributed by atoms with Gasteiger partial charge < -0.3 is 10.1 Å². The van der Waals surface area contributed by atoms with Crippen LogP contribution in [0.25, 0.3) is 6.08 Å². The van der Waals surface area contributed by atoms with Crippen LogP contribution in [0.5, 0.6) is 0 Å². The minimum Gasteiger partial charge on any atom is -0.444 e. The summed E-state index contributed by atoms with van der Waals surface area (Å²) in [7, 11) is 0. The Kier molecular flexibility index (Phi) is 7.12. The van der Waals surface area contributed by atoms with Gasteiger partial charge in [0, 0.05) is 18.2 Å². The highest BCUT2D eigenvalue weighted by Gasteiger charge is 2.25. The Morgan fingerprint density at radius 1 is 1.00 bits per heavy atom. The lowest BCUT2D eigenvalue weighted by molar-refractivity contribution is -0.151. The SMILES string of the molecule is CCNC(=O)NC(=O)[C@H](OC(=O)/C=C/c1ccccc1)c1ccccc1. The molecule has 0 unspecified atom stereocenters. The standard InChI is InChI=1S/C20H20N2O4/c1-2-21-20(25)22-19(24)18(16-11-7-4-8-12-16)26-17(23)14-13-15-9-5-3-6-10-15/h3-14,18H,2H2,1H3,(H2,21,22,24,25)/b14-13+/t18-/m1/s1. The van der Waals surface area contributed by atoms with Gasteiger partial charge >= 0.3 is 12.0 Å². The molecule has 2 N–H and O–H groups in total. The minimum absolute atomic E-state index is 0.370. The monoisotopic (exact) mass is 352 g/mol. The van der Waals surface area contributed by atoms with Crippen LogP contribution in [0.2, 0.25) is 0 Å². The normalized spacial score (nSPS) is 11.6. The third-order valence-electron chi connectivity index (χ3n) is 3.36. The van der Waals surface area contributed by atoms with E-state index < -0.39 is 24.0 Å². The predicted octanol–water partition coefficient (Wildman–Crippen LogP) is 2.83. The van der Waals surface area contributed by atoms with Gasteiger partial charge in [-0.2, -0.15) is 0 Å². The number of hydrogen-bond donors (Lipinski definition) is 2. The highest BCUT2D eigenvalue weighted by atomic mass is 16.5. The van der Waals surface area contributed by atoms with Crippen LogP contribution >= 0.6 is 0 Å². The number of hydrogen-bond acceptors (Lipinski definition) is 4. The van der Waals surface area contributed by atoms with Crippen LogP contribution in [-0.2, 0) is 14.3 Å². The summed E-state index contributed by atoms with van der Waals surface area (Å²) in [6.07, 6.45) is 1.60. The zero-order chi connectivity index (χ0) is 18.8. The first-order chi connectivity index (χ1) is 12.6. The molecule has 6 nitrogen and oxygen atoms in total. The zero-order valence-electron chi connectivity index (χ0n) is 14.3. The van der Waals surface area contributed by atoms with Gasteiger partial charge in [-0.25, -0.2) is 9.59 Å². The van der Waals surface area contributed by atoms with Gasteiger partial charge in [0.25, 0.3) is 5.91 Å². The van der Waals surface area contributed by atoms with Gasteiger partial charge in [-0.3, -0.25) is 10.1 Å². The number of benzene rings is 2. The first-order valence-corrected chi connectivity index (χ1v) is 8.17. The highest BCUT2D eigenvalue weighted by molar-refractivity contribution is 5.98. The minimum atomic E-state index is -1.23. The first-order valence-electron chi connectivity index (χ1n) is 8.17. The predicted molar refractivity (Wildman–Crippen MR) is 98.0 cm³/mol. The fourth-order valence-electron chi connectivity index (χ4n) is 2.17. The molecule has 0 saturated carbocycles. The van der Waals surface area contributed by atoms with Crippen molar-refractivity contribution >= 4 is 24.0 Å². The van der Waals surface area contributed by atoms with E-state index in [9.17, 15) is 14.4 Å². The molecule has 0 aliphatic rings. The van der Waals surface area contributed by atoms with E-state index in [1.54, 1.807) is 43.3 Å². The average molecular weight is 352 g/mol. The van der Waals surface area contributed by atoms with Crippen molar-refractivity contribution < 1.29 is 19.1 Å². The number of carbonyl (C=O) groups is 3. The molecule has 1 atom stereocenters. The number of carbonyl (C=O) groups excluding carboxylic acids is 3. The zero-order valence-corrected chi connectivity index (χ0v) is 14.3. The molecule has 3 amide bonds. The Labute approximate surface area is 151 Å². The van der Waals surface area contributed by atoms with Gasteiger partial charge in [-0.15, -0.1) is 0 Å². The Hall–Kier alpha value is -3.41. The van der Waals surface area contributed by atoms with Crippen molar-refractivity contribution in [1.29, 1.82) is 0 Å². The van der Waals surface area contributed by atoms with E-state index in [2.05, 4.69) is 10.6 Å². The van der Waals surface area contributed by atoms with E-state index in [0.29, 0.717) is 12.1 Å². The second-order valence-electron chi connectivity index (χ2n) is 5.32. The summed E-state index contributed by atoms with van der Waals surface area (Å²) < 4.78 is 5.28. The van der Waals surface area contributed by atoms with Crippen LogP contribution in [0.4, 0.5) is 4.79 Å². The molecule has 0 bridgehead atoms. The summed E-state index contributed by atoms with van der Waals surface area (Å²) >= 11 is 0. The number of ether oxygens (including phenoxy) is 1. The van der Waals surface area contributed by atoms with Gasteiger partial charge in [-0.05, 0) is 18.6 Å². The lowest BCUT2D eigenvalue weighted by Crippen LogP contribution is -2.42. The maximum absolute atomic E-state index is 12.4. The van der Waals surface area contributed by atoms with E-state index >= 15 is 0 Å². The van der Waals surface area contributed by atoms with Gasteiger partial charge in [0.1, 0.15) is 0 Å². The third-order valence-corrected chi connectivity index (χ3v) is 3.36. The summed E-state index contributed by atoms with van der Waals surface area (Å²) in [5, 5.41) is 4.63. The molecular weight excluding hydrogens is 332 g/mol. The summed E-state index contributed by atoms with van der Waals surface area (Å²) in [4.78, 5) is 36.1. The molecule has 0 aliphatic heterocycles. The lowest BCUT2D eigenvalue weighted by atomic mass is 10.1. The molecule has 2 aromatic rings. The molecule has 0 aliphatic carbocycles. The molecule has 0 fully saturated rings. The number of urea groups is 1. The molecule has 134 valence electrons. The molecule has 0 heterocycles. The van der Waals surface area contributed by atoms with Crippen LogP contribution in [0.3, 0.4) is 0 Å². The fourth-order valence-corrected chi connectivity index (χ4v) is 2.17. The Morgan fingerprint density at radius 3 is 2.23 bits per heavy atom. The Morgan fingerprint density at radius 2 is 1.62 bits per heavy atom. The molecule has 26 heavy (non-hydrogen) atoms. The van der Waals surface area contributed by atoms with Gasteiger partial charge in [0.2, 0.25) is 6.10 Å². The van der Waals surface area contributed by atoms with Crippen LogP contribution in [0.1, 0.15) is 24.2 Å². The van der Waals surface area contributed by atoms with Gasteiger partial charge in [0.15, 0.2) is 0 Å². The third kappa shape index (κ3) is 5.90. The molecule has 0 radical (unpaired) electrons. The van der Waals surface area contributed by atoms with Crippen molar-refractivity contribution in [3.8, 4) is 0 Å². The van der Waals surface area contributed by atoms with Crippen molar-refractivity contribution in [1.82, 2.24) is 10.6 Å². The van der Waals surface area contributed by atoms with Crippen molar-refractivity contribution in [2.45, 2.75) is 13.0 Å². The van der Waals surface area contributed by atoms with Crippen molar-refractivity contribution in [2.24, 2.45) is 0 Å². The maximum Gasteiger partial charge on any atom is 0.331 e. The topological polar surface area (TPSA) is 84.5 Å². The average Bonchev–Trinajstić information content (AvgIpc) is 2.66. The van der Waals surface area contributed by atoms with Crippen LogP contribution < -0.4 is 10.6 Å².